The molecule has 0 saturated carbocycles. The van der Waals surface area contributed by atoms with Crippen LogP contribution in [0.25, 0.3) is 0 Å². The monoisotopic (exact) mass is 320 g/mol. The molecule has 2 rings (SSSR count). The lowest BCUT2D eigenvalue weighted by molar-refractivity contribution is -0.390. The van der Waals surface area contributed by atoms with E-state index in [0.29, 0.717) is 12.2 Å². The van der Waals surface area contributed by atoms with E-state index < -0.39 is 31.3 Å². The van der Waals surface area contributed by atoms with E-state index in [0.717, 1.165) is 30.4 Å². The molecule has 20 heavy (non-hydrogen) atoms. The number of nitro groups is 1. The van der Waals surface area contributed by atoms with Crippen molar-refractivity contribution in [2.45, 2.75) is 23.8 Å². The number of nitrogens with one attached hydrogen (secondary N) is 1. The first-order valence-electron chi connectivity index (χ1n) is 5.95. The minimum Gasteiger partial charge on any atom is -0.258 e. The van der Waals surface area contributed by atoms with Gasteiger partial charge in [0.25, 0.3) is 0 Å². The van der Waals surface area contributed by atoms with Gasteiger partial charge < -0.3 is 0 Å². The fraction of sp³-hybridized carbons (Fsp3) is 0.455. The van der Waals surface area contributed by atoms with Crippen LogP contribution in [0.2, 0.25) is 0 Å². The highest BCUT2D eigenvalue weighted by molar-refractivity contribution is 7.99. The largest absolute Gasteiger partial charge is 0.324 e. The third-order valence-electron chi connectivity index (χ3n) is 2.90. The molecule has 1 aliphatic rings. The molecule has 1 aromatic rings. The van der Waals surface area contributed by atoms with Crippen LogP contribution in [0.1, 0.15) is 12.8 Å². The van der Waals surface area contributed by atoms with Crippen molar-refractivity contribution in [3.63, 3.8) is 0 Å². The Morgan fingerprint density at radius 3 is 2.80 bits per heavy atom. The zero-order chi connectivity index (χ0) is 14.8. The molecule has 1 unspecified atom stereocenters. The molecule has 0 bridgehead atoms. The Kier molecular flexibility index (Phi) is 4.61. The second-order valence-electron chi connectivity index (χ2n) is 4.38. The lowest BCUT2D eigenvalue weighted by Gasteiger charge is -2.22. The highest BCUT2D eigenvalue weighted by atomic mass is 32.2. The number of halogens is 1. The van der Waals surface area contributed by atoms with Crippen molar-refractivity contribution in [3.05, 3.63) is 34.1 Å². The molecule has 0 spiro atoms. The van der Waals surface area contributed by atoms with E-state index in [1.807, 2.05) is 0 Å². The molecular weight excluding hydrogens is 307 g/mol. The van der Waals surface area contributed by atoms with E-state index in [1.54, 1.807) is 11.8 Å². The third-order valence-corrected chi connectivity index (χ3v) is 5.67. The molecule has 1 saturated heterocycles. The maximum absolute atomic E-state index is 13.5. The molecule has 0 amide bonds. The number of nitro benzene ring substituents is 1. The molecule has 9 heteroatoms. The minimum absolute atomic E-state index is 0.276. The number of sulfonamides is 1. The summed E-state index contributed by atoms with van der Waals surface area (Å²) in [6, 6.07) is 2.78. The highest BCUT2D eigenvalue weighted by Gasteiger charge is 2.31. The molecule has 6 nitrogen and oxygen atoms in total. The Balaban J connectivity index is 2.34. The number of hydrogen-bond acceptors (Lipinski definition) is 5. The van der Waals surface area contributed by atoms with Crippen molar-refractivity contribution in [2.75, 3.05) is 11.5 Å². The number of nitrogens with zero attached hydrogens (tertiary/aromatic N) is 1. The second-order valence-corrected chi connectivity index (χ2v) is 7.21. The van der Waals surface area contributed by atoms with Gasteiger partial charge in [-0.15, -0.1) is 0 Å². The maximum atomic E-state index is 13.5. The number of benzene rings is 1. The lowest BCUT2D eigenvalue weighted by Crippen LogP contribution is -2.38. The summed E-state index contributed by atoms with van der Waals surface area (Å²) in [6.45, 7) is 0. The van der Waals surface area contributed by atoms with Crippen LogP contribution in [0, 0.1) is 15.9 Å². The van der Waals surface area contributed by atoms with E-state index >= 15 is 0 Å². The van der Waals surface area contributed by atoms with Crippen molar-refractivity contribution in [1.29, 1.82) is 0 Å². The van der Waals surface area contributed by atoms with Crippen LogP contribution in [0.15, 0.2) is 23.1 Å². The van der Waals surface area contributed by atoms with Crippen LogP contribution in [0.4, 0.5) is 10.1 Å². The van der Waals surface area contributed by atoms with Gasteiger partial charge in [-0.25, -0.2) is 13.1 Å². The molecule has 0 aromatic heterocycles. The summed E-state index contributed by atoms with van der Waals surface area (Å²) in [4.78, 5) is 9.21. The average Bonchev–Trinajstić information content (AvgIpc) is 2.38. The van der Waals surface area contributed by atoms with Crippen LogP contribution in [-0.2, 0) is 10.0 Å². The molecule has 1 fully saturated rings. The summed E-state index contributed by atoms with van der Waals surface area (Å²) < 4.78 is 40.3. The van der Waals surface area contributed by atoms with E-state index in [-0.39, 0.29) is 6.04 Å². The van der Waals surface area contributed by atoms with Crippen molar-refractivity contribution < 1.29 is 17.7 Å². The van der Waals surface area contributed by atoms with E-state index in [4.69, 9.17) is 0 Å². The van der Waals surface area contributed by atoms with Gasteiger partial charge in [0, 0.05) is 11.8 Å². The molecule has 1 atom stereocenters. The van der Waals surface area contributed by atoms with Gasteiger partial charge in [0.2, 0.25) is 15.8 Å². The predicted octanol–water partition coefficient (Wildman–Crippen LogP) is 1.91. The fourth-order valence-corrected chi connectivity index (χ4v) is 4.63. The first-order valence-corrected chi connectivity index (χ1v) is 8.58. The molecule has 1 aliphatic heterocycles. The molecule has 0 radical (unpaired) electrons. The van der Waals surface area contributed by atoms with Gasteiger partial charge in [-0.1, -0.05) is 6.07 Å². The third kappa shape index (κ3) is 3.28. The van der Waals surface area contributed by atoms with Crippen molar-refractivity contribution >= 4 is 27.5 Å². The average molecular weight is 320 g/mol. The normalized spacial score (nSPS) is 19.8. The van der Waals surface area contributed by atoms with Gasteiger partial charge >= 0.3 is 5.69 Å². The summed E-state index contributed by atoms with van der Waals surface area (Å²) >= 11 is 1.62. The standard InChI is InChI=1S/C11H13FN2O4S2/c12-9-4-1-5-10(11(9)14(15)16)20(17,18)13-8-3-2-6-19-7-8/h1,4-5,8,13H,2-3,6-7H2. The Labute approximate surface area is 120 Å². The van der Waals surface area contributed by atoms with Crippen LogP contribution in [0.5, 0.6) is 0 Å². The number of hydrogen-bond donors (Lipinski definition) is 1. The number of thioether (sulfide) groups is 1. The van der Waals surface area contributed by atoms with Gasteiger partial charge in [-0.05, 0) is 30.7 Å². The summed E-state index contributed by atoms with van der Waals surface area (Å²) in [7, 11) is -4.10. The van der Waals surface area contributed by atoms with Crippen molar-refractivity contribution in [1.82, 2.24) is 4.72 Å². The summed E-state index contributed by atoms with van der Waals surface area (Å²) in [5.41, 5.74) is -1.01. The predicted molar refractivity (Wildman–Crippen MR) is 73.7 cm³/mol. The molecular formula is C11H13FN2O4S2. The summed E-state index contributed by atoms with van der Waals surface area (Å²) in [5, 5.41) is 10.9. The SMILES string of the molecule is O=[N+]([O-])c1c(F)cccc1S(=O)(=O)NC1CCCSC1. The summed E-state index contributed by atoms with van der Waals surface area (Å²) in [5.74, 6) is 0.427. The lowest BCUT2D eigenvalue weighted by atomic mass is 10.2. The molecule has 1 heterocycles. The summed E-state index contributed by atoms with van der Waals surface area (Å²) in [6.07, 6.45) is 1.55. The van der Waals surface area contributed by atoms with E-state index in [1.165, 1.54) is 0 Å². The first-order chi connectivity index (χ1) is 9.42. The molecule has 1 aromatic carbocycles. The highest BCUT2D eigenvalue weighted by Crippen LogP contribution is 2.27. The quantitative estimate of drug-likeness (QED) is 0.676. The second kappa shape index (κ2) is 6.06. The van der Waals surface area contributed by atoms with Crippen molar-refractivity contribution in [2.24, 2.45) is 0 Å². The Morgan fingerprint density at radius 1 is 1.45 bits per heavy atom. The van der Waals surface area contributed by atoms with Gasteiger partial charge in [0.1, 0.15) is 0 Å². The molecule has 1 N–H and O–H groups in total. The minimum atomic E-state index is -4.10. The van der Waals surface area contributed by atoms with Gasteiger partial charge in [-0.2, -0.15) is 16.2 Å². The fourth-order valence-electron chi connectivity index (χ4n) is 2.01. The van der Waals surface area contributed by atoms with E-state index in [9.17, 15) is 22.9 Å². The zero-order valence-electron chi connectivity index (χ0n) is 10.4. The van der Waals surface area contributed by atoms with Gasteiger partial charge in [0.15, 0.2) is 4.90 Å². The Morgan fingerprint density at radius 2 is 2.20 bits per heavy atom. The number of rotatable bonds is 4. The van der Waals surface area contributed by atoms with Crippen LogP contribution in [0.3, 0.4) is 0 Å². The smallest absolute Gasteiger partial charge is 0.258 e. The van der Waals surface area contributed by atoms with Crippen molar-refractivity contribution in [3.8, 4) is 0 Å². The maximum Gasteiger partial charge on any atom is 0.324 e. The Hall–Kier alpha value is -1.19. The zero-order valence-corrected chi connectivity index (χ0v) is 12.0. The van der Waals surface area contributed by atoms with Crippen LogP contribution in [-0.4, -0.2) is 30.9 Å². The molecule has 110 valence electrons. The molecule has 0 aliphatic carbocycles. The number of para-hydroxylation sites is 1. The van der Waals surface area contributed by atoms with Crippen LogP contribution < -0.4 is 4.72 Å². The van der Waals surface area contributed by atoms with E-state index in [2.05, 4.69) is 4.72 Å². The topological polar surface area (TPSA) is 89.3 Å². The van der Waals surface area contributed by atoms with Gasteiger partial charge in [0.05, 0.1) is 4.92 Å². The van der Waals surface area contributed by atoms with Gasteiger partial charge in [-0.3, -0.25) is 10.1 Å². The Bertz CT molecular complexity index is 615. The first kappa shape index (κ1) is 15.2. The van der Waals surface area contributed by atoms with Crippen LogP contribution >= 0.6 is 11.8 Å².